The van der Waals surface area contributed by atoms with Crippen molar-refractivity contribution in [3.63, 3.8) is 0 Å². The SMILES string of the molecule is Cc1cnc(CNC(=O)c2ccc3c(c2)NC(=O)C3)s1. The first-order valence-corrected chi connectivity index (χ1v) is 7.06. The van der Waals surface area contributed by atoms with Crippen molar-refractivity contribution in [1.82, 2.24) is 10.3 Å². The van der Waals surface area contributed by atoms with E-state index in [-0.39, 0.29) is 11.8 Å². The van der Waals surface area contributed by atoms with Crippen LogP contribution in [0.1, 0.15) is 25.8 Å². The van der Waals surface area contributed by atoms with Gasteiger partial charge >= 0.3 is 0 Å². The van der Waals surface area contributed by atoms with E-state index < -0.39 is 0 Å². The van der Waals surface area contributed by atoms with E-state index in [0.717, 1.165) is 21.1 Å². The highest BCUT2D eigenvalue weighted by Gasteiger charge is 2.19. The lowest BCUT2D eigenvalue weighted by molar-refractivity contribution is -0.115. The predicted molar refractivity (Wildman–Crippen MR) is 76.8 cm³/mol. The van der Waals surface area contributed by atoms with E-state index in [1.807, 2.05) is 13.0 Å². The third-order valence-corrected chi connectivity index (χ3v) is 3.98. The Bertz CT molecular complexity index is 693. The summed E-state index contributed by atoms with van der Waals surface area (Å²) in [5.41, 5.74) is 2.20. The van der Waals surface area contributed by atoms with Gasteiger partial charge in [0.15, 0.2) is 0 Å². The molecule has 0 saturated carbocycles. The van der Waals surface area contributed by atoms with Gasteiger partial charge in [0, 0.05) is 22.3 Å². The van der Waals surface area contributed by atoms with Crippen molar-refractivity contribution >= 4 is 28.8 Å². The van der Waals surface area contributed by atoms with Crippen LogP contribution >= 0.6 is 11.3 Å². The van der Waals surface area contributed by atoms with Crippen molar-refractivity contribution in [3.05, 3.63) is 45.4 Å². The minimum atomic E-state index is -0.165. The van der Waals surface area contributed by atoms with E-state index in [1.165, 1.54) is 0 Å². The second kappa shape index (κ2) is 5.05. The number of nitrogens with zero attached hydrogens (tertiary/aromatic N) is 1. The lowest BCUT2D eigenvalue weighted by Crippen LogP contribution is -2.22. The lowest BCUT2D eigenvalue weighted by Gasteiger charge is -2.05. The fourth-order valence-corrected chi connectivity index (χ4v) is 2.82. The summed E-state index contributed by atoms with van der Waals surface area (Å²) in [7, 11) is 0. The van der Waals surface area contributed by atoms with Gasteiger partial charge in [0.05, 0.1) is 13.0 Å². The summed E-state index contributed by atoms with van der Waals surface area (Å²) in [5.74, 6) is -0.197. The Morgan fingerprint density at radius 1 is 1.50 bits per heavy atom. The molecule has 3 rings (SSSR count). The molecule has 0 unspecified atom stereocenters. The van der Waals surface area contributed by atoms with Gasteiger partial charge in [0.1, 0.15) is 5.01 Å². The molecule has 2 amide bonds. The van der Waals surface area contributed by atoms with Gasteiger partial charge in [-0.2, -0.15) is 0 Å². The summed E-state index contributed by atoms with van der Waals surface area (Å²) in [5, 5.41) is 6.45. The number of fused-ring (bicyclic) bond motifs is 1. The smallest absolute Gasteiger partial charge is 0.251 e. The molecule has 102 valence electrons. The zero-order chi connectivity index (χ0) is 14.1. The number of carbonyl (C=O) groups excluding carboxylic acids is 2. The molecule has 1 aromatic heterocycles. The number of thiazole rings is 1. The molecule has 2 heterocycles. The first-order valence-electron chi connectivity index (χ1n) is 6.24. The van der Waals surface area contributed by atoms with Gasteiger partial charge in [-0.3, -0.25) is 9.59 Å². The van der Waals surface area contributed by atoms with Crippen LogP contribution < -0.4 is 10.6 Å². The normalized spacial score (nSPS) is 12.9. The molecule has 0 aliphatic carbocycles. The summed E-state index contributed by atoms with van der Waals surface area (Å²) < 4.78 is 0. The van der Waals surface area contributed by atoms with Crippen molar-refractivity contribution in [1.29, 1.82) is 0 Å². The topological polar surface area (TPSA) is 71.1 Å². The number of benzene rings is 1. The van der Waals surface area contributed by atoms with Crippen LogP contribution in [-0.4, -0.2) is 16.8 Å². The summed E-state index contributed by atoms with van der Waals surface area (Å²) in [6.07, 6.45) is 2.17. The molecule has 0 bridgehead atoms. The fourth-order valence-electron chi connectivity index (χ4n) is 2.10. The molecule has 0 saturated heterocycles. The minimum Gasteiger partial charge on any atom is -0.346 e. The van der Waals surface area contributed by atoms with Crippen molar-refractivity contribution in [2.45, 2.75) is 19.9 Å². The van der Waals surface area contributed by atoms with Crippen LogP contribution in [0.5, 0.6) is 0 Å². The molecule has 2 aromatic rings. The lowest BCUT2D eigenvalue weighted by atomic mass is 10.1. The van der Waals surface area contributed by atoms with Gasteiger partial charge in [-0.05, 0) is 24.6 Å². The van der Waals surface area contributed by atoms with Crippen molar-refractivity contribution in [3.8, 4) is 0 Å². The largest absolute Gasteiger partial charge is 0.346 e. The van der Waals surface area contributed by atoms with Crippen LogP contribution in [-0.2, 0) is 17.8 Å². The molecule has 0 fully saturated rings. The van der Waals surface area contributed by atoms with Crippen molar-refractivity contribution < 1.29 is 9.59 Å². The van der Waals surface area contributed by atoms with Gasteiger partial charge < -0.3 is 10.6 Å². The maximum atomic E-state index is 12.1. The molecular formula is C14H13N3O2S. The Hall–Kier alpha value is -2.21. The Balaban J connectivity index is 1.69. The van der Waals surface area contributed by atoms with E-state index in [1.54, 1.807) is 29.7 Å². The van der Waals surface area contributed by atoms with E-state index >= 15 is 0 Å². The highest BCUT2D eigenvalue weighted by molar-refractivity contribution is 7.11. The van der Waals surface area contributed by atoms with Crippen LogP contribution in [0.2, 0.25) is 0 Å². The number of rotatable bonds is 3. The molecule has 5 nitrogen and oxygen atoms in total. The van der Waals surface area contributed by atoms with Gasteiger partial charge in [0.2, 0.25) is 5.91 Å². The van der Waals surface area contributed by atoms with Crippen LogP contribution in [0.15, 0.2) is 24.4 Å². The molecule has 0 radical (unpaired) electrons. The zero-order valence-corrected chi connectivity index (χ0v) is 11.7. The van der Waals surface area contributed by atoms with E-state index in [4.69, 9.17) is 0 Å². The molecule has 20 heavy (non-hydrogen) atoms. The summed E-state index contributed by atoms with van der Waals surface area (Å²) in [6, 6.07) is 5.26. The van der Waals surface area contributed by atoms with Crippen LogP contribution in [0, 0.1) is 6.92 Å². The molecule has 6 heteroatoms. The number of amides is 2. The van der Waals surface area contributed by atoms with Crippen LogP contribution in [0.4, 0.5) is 5.69 Å². The molecule has 0 atom stereocenters. The molecule has 1 aliphatic rings. The monoisotopic (exact) mass is 287 g/mol. The number of carbonyl (C=O) groups is 2. The second-order valence-corrected chi connectivity index (χ2v) is 5.96. The highest BCUT2D eigenvalue weighted by Crippen LogP contribution is 2.24. The first kappa shape index (κ1) is 12.8. The maximum absolute atomic E-state index is 12.1. The number of hydrogen-bond donors (Lipinski definition) is 2. The number of aromatic nitrogens is 1. The van der Waals surface area contributed by atoms with E-state index in [2.05, 4.69) is 15.6 Å². The third kappa shape index (κ3) is 2.55. The second-order valence-electron chi connectivity index (χ2n) is 4.64. The first-order chi connectivity index (χ1) is 9.61. The predicted octanol–water partition coefficient (Wildman–Crippen LogP) is 1.88. The van der Waals surface area contributed by atoms with Gasteiger partial charge in [0.25, 0.3) is 5.91 Å². The van der Waals surface area contributed by atoms with Gasteiger partial charge in [-0.25, -0.2) is 4.98 Å². The summed E-state index contributed by atoms with van der Waals surface area (Å²) >= 11 is 1.56. The Labute approximate surface area is 120 Å². The fraction of sp³-hybridized carbons (Fsp3) is 0.214. The van der Waals surface area contributed by atoms with E-state index in [9.17, 15) is 9.59 Å². The molecule has 1 aliphatic heterocycles. The highest BCUT2D eigenvalue weighted by atomic mass is 32.1. The average Bonchev–Trinajstić information content (AvgIpc) is 2.99. The third-order valence-electron chi connectivity index (χ3n) is 3.07. The molecule has 2 N–H and O–H groups in total. The average molecular weight is 287 g/mol. The van der Waals surface area contributed by atoms with Crippen LogP contribution in [0.3, 0.4) is 0 Å². The standard InChI is InChI=1S/C14H13N3O2S/c1-8-6-15-13(20-8)7-16-14(19)10-3-2-9-5-12(18)17-11(9)4-10/h2-4,6H,5,7H2,1H3,(H,16,19)(H,17,18). The van der Waals surface area contributed by atoms with Gasteiger partial charge in [-0.1, -0.05) is 6.07 Å². The minimum absolute atomic E-state index is 0.0316. The summed E-state index contributed by atoms with van der Waals surface area (Å²) in [6.45, 7) is 2.40. The zero-order valence-electron chi connectivity index (χ0n) is 10.9. The number of hydrogen-bond acceptors (Lipinski definition) is 4. The Morgan fingerprint density at radius 2 is 2.35 bits per heavy atom. The van der Waals surface area contributed by atoms with E-state index in [0.29, 0.717) is 18.5 Å². The molecule has 0 spiro atoms. The molecular weight excluding hydrogens is 274 g/mol. The number of anilines is 1. The summed E-state index contributed by atoms with van der Waals surface area (Å²) in [4.78, 5) is 28.7. The quantitative estimate of drug-likeness (QED) is 0.905. The van der Waals surface area contributed by atoms with Crippen molar-refractivity contribution in [2.75, 3.05) is 5.32 Å². The Morgan fingerprint density at radius 3 is 3.10 bits per heavy atom. The van der Waals surface area contributed by atoms with Crippen LogP contribution in [0.25, 0.3) is 0 Å². The van der Waals surface area contributed by atoms with Gasteiger partial charge in [-0.15, -0.1) is 11.3 Å². The Kier molecular flexibility index (Phi) is 3.23. The number of nitrogens with one attached hydrogen (secondary N) is 2. The maximum Gasteiger partial charge on any atom is 0.251 e. The van der Waals surface area contributed by atoms with Crippen molar-refractivity contribution in [2.24, 2.45) is 0 Å². The molecule has 1 aromatic carbocycles. The number of aryl methyl sites for hydroxylation is 1.